The summed E-state index contributed by atoms with van der Waals surface area (Å²) in [4.78, 5) is 0. The van der Waals surface area contributed by atoms with Gasteiger partial charge in [-0.3, -0.25) is 0 Å². The largest absolute Gasteiger partial charge is 0.0654 e. The lowest BCUT2D eigenvalue weighted by Gasteiger charge is -2.29. The molecule has 0 saturated heterocycles. The first kappa shape index (κ1) is 28.7. The molecule has 1 saturated carbocycles. The van der Waals surface area contributed by atoms with Crippen molar-refractivity contribution in [1.82, 2.24) is 0 Å². The Morgan fingerprint density at radius 1 is 0.697 bits per heavy atom. The minimum absolute atomic E-state index is 0.0110. The third kappa shape index (κ3) is 13.2. The van der Waals surface area contributed by atoms with Crippen molar-refractivity contribution in [2.75, 3.05) is 0 Å². The Balaban J connectivity index is 1.59. The molecule has 1 aliphatic carbocycles. The first-order valence-corrected chi connectivity index (χ1v) is 17.1. The topological polar surface area (TPSA) is 0 Å². The van der Waals surface area contributed by atoms with Gasteiger partial charge in [0.05, 0.1) is 0 Å². The van der Waals surface area contributed by atoms with E-state index < -0.39 is 0 Å². The first-order chi connectivity index (χ1) is 16.2. The summed E-state index contributed by atoms with van der Waals surface area (Å²) in [5.74, 6) is 3.03. The molecule has 0 nitrogen and oxygen atoms in total. The van der Waals surface area contributed by atoms with E-state index in [1.807, 2.05) is 0 Å². The highest BCUT2D eigenvalue weighted by atomic mass is 28.2. The standard InChI is InChI=1S/C32H58Si/c1-4-6-8-9-10-12-16-29-22-24-30(25-23-29)21-19-28(3)20-26-32(33-27-15-7-5-2)31-17-13-11-14-18-31/h11,13-14,17-18,28-30,32H,4-10,12,15-16,19-27,33H2,1-3H3/t28?,29-,30-,32?. The van der Waals surface area contributed by atoms with Crippen LogP contribution in [0.2, 0.25) is 6.04 Å². The van der Waals surface area contributed by atoms with Gasteiger partial charge in [-0.05, 0) is 35.3 Å². The summed E-state index contributed by atoms with van der Waals surface area (Å²) >= 11 is 0. The highest BCUT2D eigenvalue weighted by Crippen LogP contribution is 2.35. The quantitative estimate of drug-likeness (QED) is 0.139. The molecule has 0 radical (unpaired) electrons. The fraction of sp³-hybridized carbons (Fsp3) is 0.812. The van der Waals surface area contributed by atoms with Crippen LogP contribution in [0.15, 0.2) is 30.3 Å². The molecule has 0 aromatic heterocycles. The lowest BCUT2D eigenvalue weighted by atomic mass is 9.77. The molecule has 0 amide bonds. The zero-order valence-electron chi connectivity index (χ0n) is 22.8. The summed E-state index contributed by atoms with van der Waals surface area (Å²) in [6, 6.07) is 13.1. The van der Waals surface area contributed by atoms with Crippen LogP contribution in [-0.4, -0.2) is 9.52 Å². The number of hydrogen-bond acceptors (Lipinski definition) is 0. The van der Waals surface area contributed by atoms with E-state index in [4.69, 9.17) is 0 Å². The van der Waals surface area contributed by atoms with Gasteiger partial charge in [0.25, 0.3) is 0 Å². The van der Waals surface area contributed by atoms with Gasteiger partial charge in [-0.15, -0.1) is 0 Å². The first-order valence-electron chi connectivity index (χ1n) is 15.3. The molecule has 0 N–H and O–H groups in total. The second kappa shape index (κ2) is 18.7. The predicted octanol–water partition coefficient (Wildman–Crippen LogP) is 10.3. The third-order valence-electron chi connectivity index (χ3n) is 8.69. The highest BCUT2D eigenvalue weighted by molar-refractivity contribution is 6.37. The molecular formula is C32H58Si. The second-order valence-corrected chi connectivity index (χ2v) is 13.9. The van der Waals surface area contributed by atoms with E-state index in [1.54, 1.807) is 11.6 Å². The fourth-order valence-electron chi connectivity index (χ4n) is 6.19. The van der Waals surface area contributed by atoms with Crippen molar-refractivity contribution in [2.24, 2.45) is 17.8 Å². The van der Waals surface area contributed by atoms with Gasteiger partial charge in [-0.2, -0.15) is 0 Å². The lowest BCUT2D eigenvalue weighted by molar-refractivity contribution is 0.236. The zero-order valence-corrected chi connectivity index (χ0v) is 24.3. The Kier molecular flexibility index (Phi) is 16.3. The molecule has 1 aromatic carbocycles. The third-order valence-corrected chi connectivity index (χ3v) is 11.2. The van der Waals surface area contributed by atoms with E-state index in [-0.39, 0.29) is 9.52 Å². The smallest absolute Gasteiger partial charge is 0.0287 e. The van der Waals surface area contributed by atoms with Gasteiger partial charge < -0.3 is 0 Å². The number of hydrogen-bond donors (Lipinski definition) is 0. The predicted molar refractivity (Wildman–Crippen MR) is 153 cm³/mol. The Hall–Kier alpha value is -0.563. The Morgan fingerprint density at radius 3 is 2.00 bits per heavy atom. The minimum atomic E-state index is 0.0110. The van der Waals surface area contributed by atoms with Crippen LogP contribution in [0.25, 0.3) is 0 Å². The average molecular weight is 471 g/mol. The molecule has 1 fully saturated rings. The molecule has 33 heavy (non-hydrogen) atoms. The summed E-state index contributed by atoms with van der Waals surface area (Å²) in [7, 11) is 0.0110. The molecule has 0 spiro atoms. The van der Waals surface area contributed by atoms with Gasteiger partial charge in [-0.1, -0.05) is 166 Å². The Bertz CT molecular complexity index is 545. The minimum Gasteiger partial charge on any atom is -0.0654 e. The number of unbranched alkanes of at least 4 members (excludes halogenated alkanes) is 7. The SMILES string of the molecule is CCCCCCCC[C@H]1CC[C@H](CCC(C)CCC([SiH2]CCCCC)c2ccccc2)CC1. The molecule has 2 atom stereocenters. The van der Waals surface area contributed by atoms with E-state index in [0.717, 1.165) is 23.3 Å². The van der Waals surface area contributed by atoms with Crippen molar-refractivity contribution in [1.29, 1.82) is 0 Å². The molecular weight excluding hydrogens is 412 g/mol. The van der Waals surface area contributed by atoms with Crippen LogP contribution in [0.3, 0.4) is 0 Å². The van der Waals surface area contributed by atoms with Crippen molar-refractivity contribution in [3.8, 4) is 0 Å². The van der Waals surface area contributed by atoms with Crippen LogP contribution in [0.1, 0.15) is 147 Å². The molecule has 2 unspecified atom stereocenters. The summed E-state index contributed by atoms with van der Waals surface area (Å²) in [5.41, 5.74) is 2.57. The second-order valence-electron chi connectivity index (χ2n) is 11.7. The van der Waals surface area contributed by atoms with Crippen LogP contribution in [-0.2, 0) is 0 Å². The maximum absolute atomic E-state index is 2.55. The van der Waals surface area contributed by atoms with Gasteiger partial charge in [0.15, 0.2) is 0 Å². The summed E-state index contributed by atoms with van der Waals surface area (Å²) in [6.45, 7) is 7.20. The van der Waals surface area contributed by atoms with Crippen molar-refractivity contribution in [3.63, 3.8) is 0 Å². The van der Waals surface area contributed by atoms with E-state index in [1.165, 1.54) is 116 Å². The van der Waals surface area contributed by atoms with Crippen LogP contribution in [0.5, 0.6) is 0 Å². The summed E-state index contributed by atoms with van der Waals surface area (Å²) < 4.78 is 0. The molecule has 1 heteroatoms. The molecule has 1 aromatic rings. The summed E-state index contributed by atoms with van der Waals surface area (Å²) in [6.07, 6.45) is 26.6. The van der Waals surface area contributed by atoms with Gasteiger partial charge in [0.1, 0.15) is 0 Å². The van der Waals surface area contributed by atoms with E-state index >= 15 is 0 Å². The van der Waals surface area contributed by atoms with Crippen molar-refractivity contribution in [3.05, 3.63) is 35.9 Å². The van der Waals surface area contributed by atoms with Gasteiger partial charge in [0, 0.05) is 9.52 Å². The van der Waals surface area contributed by atoms with E-state index in [2.05, 4.69) is 51.1 Å². The van der Waals surface area contributed by atoms with Crippen molar-refractivity contribution in [2.45, 2.75) is 148 Å². The Morgan fingerprint density at radius 2 is 1.30 bits per heavy atom. The zero-order chi connectivity index (χ0) is 23.6. The molecule has 0 aliphatic heterocycles. The lowest BCUT2D eigenvalue weighted by Crippen LogP contribution is -2.16. The van der Waals surface area contributed by atoms with Gasteiger partial charge >= 0.3 is 0 Å². The average Bonchev–Trinajstić information content (AvgIpc) is 2.85. The van der Waals surface area contributed by atoms with E-state index in [9.17, 15) is 0 Å². The summed E-state index contributed by atoms with van der Waals surface area (Å²) in [5, 5.41) is 0. The van der Waals surface area contributed by atoms with E-state index in [0.29, 0.717) is 0 Å². The van der Waals surface area contributed by atoms with Crippen molar-refractivity contribution < 1.29 is 0 Å². The Labute approximate surface area is 210 Å². The van der Waals surface area contributed by atoms with Gasteiger partial charge in [-0.25, -0.2) is 0 Å². The molecule has 2 rings (SSSR count). The molecule has 1 aliphatic rings. The molecule has 0 bridgehead atoms. The van der Waals surface area contributed by atoms with Crippen LogP contribution in [0, 0.1) is 17.8 Å². The monoisotopic (exact) mass is 470 g/mol. The van der Waals surface area contributed by atoms with Crippen LogP contribution >= 0.6 is 0 Å². The fourth-order valence-corrected chi connectivity index (χ4v) is 8.46. The van der Waals surface area contributed by atoms with Gasteiger partial charge in [0.2, 0.25) is 0 Å². The maximum atomic E-state index is 2.55. The van der Waals surface area contributed by atoms with Crippen molar-refractivity contribution >= 4 is 9.52 Å². The van der Waals surface area contributed by atoms with Crippen LogP contribution < -0.4 is 0 Å². The maximum Gasteiger partial charge on any atom is 0.0287 e. The molecule has 190 valence electrons. The highest BCUT2D eigenvalue weighted by Gasteiger charge is 2.21. The number of benzene rings is 1. The molecule has 0 heterocycles. The number of rotatable bonds is 19. The normalized spacial score (nSPS) is 20.9. The van der Waals surface area contributed by atoms with Crippen LogP contribution in [0.4, 0.5) is 0 Å².